The summed E-state index contributed by atoms with van der Waals surface area (Å²) in [5, 5.41) is 4.68. The highest BCUT2D eigenvalue weighted by atomic mass is 35.5. The SMILES string of the molecule is Cc1ccc(NCCCN2CC3CN(C(=O)c4ncccc4Cl)CC3C2)cc1Cl. The third-order valence-corrected chi connectivity index (χ3v) is 6.67. The molecular weight excluding hydrogens is 407 g/mol. The highest BCUT2D eigenvalue weighted by molar-refractivity contribution is 6.33. The Hall–Kier alpha value is -1.82. The monoisotopic (exact) mass is 432 g/mol. The number of fused-ring (bicyclic) bond motifs is 1. The van der Waals surface area contributed by atoms with Crippen molar-refractivity contribution < 1.29 is 4.79 Å². The molecule has 0 bridgehead atoms. The Labute approximate surface area is 182 Å². The van der Waals surface area contributed by atoms with Gasteiger partial charge in [0.25, 0.3) is 5.91 Å². The number of likely N-dealkylation sites (tertiary alicyclic amines) is 2. The molecule has 2 saturated heterocycles. The van der Waals surface area contributed by atoms with E-state index in [1.54, 1.807) is 18.3 Å². The molecule has 3 heterocycles. The molecule has 2 aromatic rings. The van der Waals surface area contributed by atoms with E-state index in [4.69, 9.17) is 23.2 Å². The second-order valence-corrected chi connectivity index (χ2v) is 8.88. The van der Waals surface area contributed by atoms with Crippen molar-refractivity contribution in [3.63, 3.8) is 0 Å². The predicted molar refractivity (Wildman–Crippen MR) is 118 cm³/mol. The summed E-state index contributed by atoms with van der Waals surface area (Å²) in [6, 6.07) is 9.56. The fraction of sp³-hybridized carbons (Fsp3) is 0.455. The van der Waals surface area contributed by atoms with Gasteiger partial charge in [0, 0.05) is 49.6 Å². The molecule has 1 N–H and O–H groups in total. The fourth-order valence-electron chi connectivity index (χ4n) is 4.37. The number of rotatable bonds is 6. The lowest BCUT2D eigenvalue weighted by atomic mass is 10.0. The van der Waals surface area contributed by atoms with E-state index in [1.807, 2.05) is 24.0 Å². The molecule has 1 aromatic heterocycles. The van der Waals surface area contributed by atoms with Crippen LogP contribution in [0.2, 0.25) is 10.0 Å². The van der Waals surface area contributed by atoms with Gasteiger partial charge >= 0.3 is 0 Å². The van der Waals surface area contributed by atoms with Crippen molar-refractivity contribution in [3.8, 4) is 0 Å². The Kier molecular flexibility index (Phi) is 6.28. The Bertz CT molecular complexity index is 877. The summed E-state index contributed by atoms with van der Waals surface area (Å²) in [5.41, 5.74) is 2.54. The summed E-state index contributed by atoms with van der Waals surface area (Å²) in [6.45, 7) is 7.71. The van der Waals surface area contributed by atoms with Gasteiger partial charge in [-0.2, -0.15) is 0 Å². The smallest absolute Gasteiger partial charge is 0.274 e. The Balaban J connectivity index is 1.21. The molecule has 0 spiro atoms. The molecular formula is C22H26Cl2N4O. The number of aryl methyl sites for hydroxylation is 1. The average Bonchev–Trinajstić information content (AvgIpc) is 3.26. The van der Waals surface area contributed by atoms with Crippen molar-refractivity contribution in [2.45, 2.75) is 13.3 Å². The number of nitrogens with zero attached hydrogens (tertiary/aromatic N) is 3. The first kappa shape index (κ1) is 20.5. The maximum atomic E-state index is 12.7. The molecule has 2 unspecified atom stereocenters. The van der Waals surface area contributed by atoms with Crippen LogP contribution in [0, 0.1) is 18.8 Å². The molecule has 1 aromatic carbocycles. The normalized spacial score (nSPS) is 21.4. The molecule has 0 radical (unpaired) electrons. The van der Waals surface area contributed by atoms with Crippen LogP contribution < -0.4 is 5.32 Å². The van der Waals surface area contributed by atoms with E-state index < -0.39 is 0 Å². The first-order valence-corrected chi connectivity index (χ1v) is 10.9. The number of carbonyl (C=O) groups is 1. The zero-order valence-electron chi connectivity index (χ0n) is 16.6. The number of hydrogen-bond donors (Lipinski definition) is 1. The van der Waals surface area contributed by atoms with Crippen LogP contribution in [0.25, 0.3) is 0 Å². The third kappa shape index (κ3) is 4.68. The third-order valence-electron chi connectivity index (χ3n) is 5.96. The molecule has 7 heteroatoms. The van der Waals surface area contributed by atoms with Crippen LogP contribution in [0.1, 0.15) is 22.5 Å². The summed E-state index contributed by atoms with van der Waals surface area (Å²) < 4.78 is 0. The number of nitrogens with one attached hydrogen (secondary N) is 1. The number of halogens is 2. The van der Waals surface area contributed by atoms with E-state index in [9.17, 15) is 4.79 Å². The van der Waals surface area contributed by atoms with Gasteiger partial charge in [-0.1, -0.05) is 29.3 Å². The quantitative estimate of drug-likeness (QED) is 0.694. The molecule has 154 valence electrons. The lowest BCUT2D eigenvalue weighted by Gasteiger charge is -2.21. The van der Waals surface area contributed by atoms with Crippen LogP contribution in [0.3, 0.4) is 0 Å². The second-order valence-electron chi connectivity index (χ2n) is 8.07. The van der Waals surface area contributed by atoms with E-state index in [2.05, 4.69) is 21.3 Å². The number of carbonyl (C=O) groups excluding carboxylic acids is 1. The maximum absolute atomic E-state index is 12.7. The number of anilines is 1. The minimum atomic E-state index is -0.0440. The minimum absolute atomic E-state index is 0.0440. The number of aromatic nitrogens is 1. The second kappa shape index (κ2) is 8.90. The van der Waals surface area contributed by atoms with Crippen molar-refractivity contribution in [1.29, 1.82) is 0 Å². The molecule has 5 nitrogen and oxygen atoms in total. The van der Waals surface area contributed by atoms with Crippen LogP contribution in [0.4, 0.5) is 5.69 Å². The lowest BCUT2D eigenvalue weighted by Crippen LogP contribution is -2.34. The van der Waals surface area contributed by atoms with Gasteiger partial charge in [-0.15, -0.1) is 0 Å². The maximum Gasteiger partial charge on any atom is 0.274 e. The van der Waals surface area contributed by atoms with Gasteiger partial charge in [0.2, 0.25) is 0 Å². The molecule has 29 heavy (non-hydrogen) atoms. The predicted octanol–water partition coefficient (Wildman–Crippen LogP) is 4.20. The highest BCUT2D eigenvalue weighted by Crippen LogP contribution is 2.32. The van der Waals surface area contributed by atoms with Gasteiger partial charge in [0.15, 0.2) is 0 Å². The van der Waals surface area contributed by atoms with Gasteiger partial charge in [0.1, 0.15) is 5.69 Å². The van der Waals surface area contributed by atoms with E-state index in [-0.39, 0.29) is 5.91 Å². The Morgan fingerprint density at radius 2 is 1.90 bits per heavy atom. The molecule has 2 atom stereocenters. The van der Waals surface area contributed by atoms with Gasteiger partial charge < -0.3 is 15.1 Å². The van der Waals surface area contributed by atoms with Crippen molar-refractivity contribution in [2.24, 2.45) is 11.8 Å². The average molecular weight is 433 g/mol. The van der Waals surface area contributed by atoms with Gasteiger partial charge in [-0.3, -0.25) is 4.79 Å². The number of benzene rings is 1. The first-order chi connectivity index (χ1) is 14.0. The van der Waals surface area contributed by atoms with Crippen LogP contribution >= 0.6 is 23.2 Å². The Morgan fingerprint density at radius 1 is 1.14 bits per heavy atom. The summed E-state index contributed by atoms with van der Waals surface area (Å²) in [5.74, 6) is 1.05. The van der Waals surface area contributed by atoms with Gasteiger partial charge in [-0.25, -0.2) is 4.98 Å². The van der Waals surface area contributed by atoms with Crippen LogP contribution in [0.15, 0.2) is 36.5 Å². The molecule has 4 rings (SSSR count). The molecule has 0 aliphatic carbocycles. The number of amides is 1. The summed E-state index contributed by atoms with van der Waals surface area (Å²) >= 11 is 12.3. The fourth-order valence-corrected chi connectivity index (χ4v) is 4.75. The molecule has 2 aliphatic rings. The summed E-state index contributed by atoms with van der Waals surface area (Å²) in [7, 11) is 0. The zero-order chi connectivity index (χ0) is 20.4. The van der Waals surface area contributed by atoms with Crippen LogP contribution in [-0.2, 0) is 0 Å². The molecule has 2 fully saturated rings. The van der Waals surface area contributed by atoms with Gasteiger partial charge in [0.05, 0.1) is 5.02 Å². The highest BCUT2D eigenvalue weighted by Gasteiger charge is 2.41. The Morgan fingerprint density at radius 3 is 2.59 bits per heavy atom. The topological polar surface area (TPSA) is 48.5 Å². The van der Waals surface area contributed by atoms with Crippen LogP contribution in [-0.4, -0.2) is 60.0 Å². The minimum Gasteiger partial charge on any atom is -0.385 e. The van der Waals surface area contributed by atoms with E-state index in [0.29, 0.717) is 22.6 Å². The van der Waals surface area contributed by atoms with E-state index >= 15 is 0 Å². The molecule has 0 saturated carbocycles. The standard InChI is InChI=1S/C22H26Cl2N4O/c1-15-5-6-18(10-20(15)24)25-8-3-9-27-11-16-13-28(14-17(16)12-27)22(29)21-19(23)4-2-7-26-21/h2,4-7,10,16-17,25H,3,8-9,11-14H2,1H3. The molecule has 1 amide bonds. The molecule has 2 aliphatic heterocycles. The van der Waals surface area contributed by atoms with Crippen molar-refractivity contribution >= 4 is 34.8 Å². The van der Waals surface area contributed by atoms with E-state index in [1.165, 1.54) is 0 Å². The number of pyridine rings is 1. The zero-order valence-corrected chi connectivity index (χ0v) is 18.1. The first-order valence-electron chi connectivity index (χ1n) is 10.1. The summed E-state index contributed by atoms with van der Waals surface area (Å²) in [4.78, 5) is 21.3. The number of hydrogen-bond acceptors (Lipinski definition) is 4. The van der Waals surface area contributed by atoms with E-state index in [0.717, 1.165) is 62.0 Å². The van der Waals surface area contributed by atoms with Crippen molar-refractivity contribution in [3.05, 3.63) is 57.8 Å². The van der Waals surface area contributed by atoms with Crippen molar-refractivity contribution in [1.82, 2.24) is 14.8 Å². The van der Waals surface area contributed by atoms with Crippen molar-refractivity contribution in [2.75, 3.05) is 44.6 Å². The van der Waals surface area contributed by atoms with Crippen LogP contribution in [0.5, 0.6) is 0 Å². The van der Waals surface area contributed by atoms with Gasteiger partial charge in [-0.05, 0) is 61.6 Å². The summed E-state index contributed by atoms with van der Waals surface area (Å²) in [6.07, 6.45) is 2.70. The largest absolute Gasteiger partial charge is 0.385 e. The lowest BCUT2D eigenvalue weighted by molar-refractivity contribution is 0.0768.